The van der Waals surface area contributed by atoms with Crippen molar-refractivity contribution in [3.05, 3.63) is 40.1 Å². The minimum atomic E-state index is 0.181. The molecule has 6 heteroatoms. The van der Waals surface area contributed by atoms with Gasteiger partial charge in [-0.2, -0.15) is 0 Å². The Morgan fingerprint density at radius 1 is 1.42 bits per heavy atom. The van der Waals surface area contributed by atoms with E-state index in [9.17, 15) is 4.79 Å². The average molecular weight is 347 g/mol. The van der Waals surface area contributed by atoms with Crippen LogP contribution in [-0.4, -0.2) is 47.2 Å². The van der Waals surface area contributed by atoms with Gasteiger partial charge in [-0.1, -0.05) is 6.07 Å². The van der Waals surface area contributed by atoms with Crippen molar-refractivity contribution < 1.29 is 9.53 Å². The summed E-state index contributed by atoms with van der Waals surface area (Å²) in [5.74, 6) is 1.92. The number of thiophene rings is 1. The zero-order valence-corrected chi connectivity index (χ0v) is 15.2. The molecule has 0 N–H and O–H groups in total. The number of carbonyl (C=O) groups is 1. The fourth-order valence-corrected chi connectivity index (χ4v) is 4.01. The van der Waals surface area contributed by atoms with Gasteiger partial charge in [-0.25, -0.2) is 4.98 Å². The van der Waals surface area contributed by atoms with Gasteiger partial charge in [0.1, 0.15) is 5.82 Å². The monoisotopic (exact) mass is 347 g/mol. The van der Waals surface area contributed by atoms with Crippen molar-refractivity contribution in [3.8, 4) is 0 Å². The van der Waals surface area contributed by atoms with E-state index in [0.29, 0.717) is 12.5 Å². The molecule has 3 rings (SSSR count). The molecular formula is C18H25N3O2S. The van der Waals surface area contributed by atoms with Gasteiger partial charge < -0.3 is 14.2 Å². The molecule has 0 aromatic carbocycles. The van der Waals surface area contributed by atoms with Crippen molar-refractivity contribution in [1.82, 2.24) is 14.5 Å². The maximum atomic E-state index is 12.4. The second-order valence-electron chi connectivity index (χ2n) is 6.38. The normalized spacial score (nSPS) is 15.8. The number of nitrogens with zero attached hydrogens (tertiary/aromatic N) is 3. The quantitative estimate of drug-likeness (QED) is 0.807. The zero-order valence-electron chi connectivity index (χ0n) is 14.4. The highest BCUT2D eigenvalue weighted by molar-refractivity contribution is 7.12. The number of rotatable bonds is 6. The van der Waals surface area contributed by atoms with Gasteiger partial charge in [0.25, 0.3) is 5.91 Å². The molecule has 5 nitrogen and oxygen atoms in total. The van der Waals surface area contributed by atoms with Crippen LogP contribution in [0, 0.1) is 12.8 Å². The minimum absolute atomic E-state index is 0.181. The van der Waals surface area contributed by atoms with Crippen LogP contribution in [0.1, 0.15) is 34.0 Å². The van der Waals surface area contributed by atoms with E-state index >= 15 is 0 Å². The van der Waals surface area contributed by atoms with E-state index in [4.69, 9.17) is 4.74 Å². The molecule has 0 unspecified atom stereocenters. The highest BCUT2D eigenvalue weighted by Gasteiger charge is 2.25. The van der Waals surface area contributed by atoms with Crippen LogP contribution in [0.4, 0.5) is 0 Å². The van der Waals surface area contributed by atoms with Gasteiger partial charge in [0.15, 0.2) is 0 Å². The first-order valence-electron chi connectivity index (χ1n) is 8.51. The van der Waals surface area contributed by atoms with Crippen LogP contribution in [0.2, 0.25) is 0 Å². The molecule has 1 fully saturated rings. The Kier molecular flexibility index (Phi) is 5.68. The number of aromatic nitrogens is 2. The van der Waals surface area contributed by atoms with Gasteiger partial charge in [0, 0.05) is 45.1 Å². The summed E-state index contributed by atoms with van der Waals surface area (Å²) < 4.78 is 7.46. The number of aryl methyl sites for hydroxylation is 1. The lowest BCUT2D eigenvalue weighted by Crippen LogP contribution is -2.38. The third-order valence-electron chi connectivity index (χ3n) is 4.76. The third-order valence-corrected chi connectivity index (χ3v) is 5.62. The van der Waals surface area contributed by atoms with Crippen molar-refractivity contribution in [3.63, 3.8) is 0 Å². The molecule has 1 saturated heterocycles. The number of ether oxygens (including phenoxy) is 1. The Hall–Kier alpha value is -1.66. The molecule has 1 aliphatic rings. The van der Waals surface area contributed by atoms with Gasteiger partial charge in [0.05, 0.1) is 11.5 Å². The Balaban J connectivity index is 1.55. The van der Waals surface area contributed by atoms with Crippen LogP contribution < -0.4 is 0 Å². The molecule has 0 bridgehead atoms. The fourth-order valence-electron chi connectivity index (χ4n) is 3.32. The topological polar surface area (TPSA) is 47.4 Å². The molecule has 1 aliphatic heterocycles. The summed E-state index contributed by atoms with van der Waals surface area (Å²) in [6.07, 6.45) is 5.03. The predicted octanol–water partition coefficient (Wildman–Crippen LogP) is 2.99. The van der Waals surface area contributed by atoms with Crippen molar-refractivity contribution >= 4 is 17.2 Å². The van der Waals surface area contributed by atoms with Crippen LogP contribution in [0.5, 0.6) is 0 Å². The van der Waals surface area contributed by atoms with Gasteiger partial charge in [-0.3, -0.25) is 4.79 Å². The van der Waals surface area contributed by atoms with Crippen LogP contribution in [0.3, 0.4) is 0 Å². The van der Waals surface area contributed by atoms with E-state index in [1.807, 2.05) is 28.6 Å². The number of likely N-dealkylation sites (tertiary alicyclic amines) is 1. The summed E-state index contributed by atoms with van der Waals surface area (Å²) in [7, 11) is 1.73. The van der Waals surface area contributed by atoms with E-state index < -0.39 is 0 Å². The van der Waals surface area contributed by atoms with Gasteiger partial charge in [0.2, 0.25) is 0 Å². The van der Waals surface area contributed by atoms with Gasteiger partial charge >= 0.3 is 0 Å². The third kappa shape index (κ3) is 3.87. The maximum Gasteiger partial charge on any atom is 0.263 e. The average Bonchev–Trinajstić information content (AvgIpc) is 3.24. The van der Waals surface area contributed by atoms with E-state index in [0.717, 1.165) is 49.6 Å². The lowest BCUT2D eigenvalue weighted by Gasteiger charge is -2.31. The summed E-state index contributed by atoms with van der Waals surface area (Å²) in [6, 6.07) is 3.85. The summed E-state index contributed by atoms with van der Waals surface area (Å²) in [5, 5.41) is 1.96. The van der Waals surface area contributed by atoms with Gasteiger partial charge in [-0.05, 0) is 37.1 Å². The summed E-state index contributed by atoms with van der Waals surface area (Å²) in [6.45, 7) is 5.35. The maximum absolute atomic E-state index is 12.4. The SMILES string of the molecule is COCCn1c(C)cnc1CC1CCN(C(=O)c2cccs2)CC1. The Bertz CT molecular complexity index is 658. The summed E-state index contributed by atoms with van der Waals surface area (Å²) >= 11 is 1.52. The molecule has 2 aromatic heterocycles. The first-order chi connectivity index (χ1) is 11.7. The molecule has 1 amide bonds. The lowest BCUT2D eigenvalue weighted by molar-refractivity contribution is 0.0694. The second kappa shape index (κ2) is 7.94. The van der Waals surface area contributed by atoms with Crippen LogP contribution in [0.15, 0.2) is 23.7 Å². The molecule has 130 valence electrons. The summed E-state index contributed by atoms with van der Waals surface area (Å²) in [4.78, 5) is 19.8. The largest absolute Gasteiger partial charge is 0.383 e. The molecule has 0 atom stereocenters. The van der Waals surface area contributed by atoms with Crippen LogP contribution in [0.25, 0.3) is 0 Å². The number of amides is 1. The summed E-state index contributed by atoms with van der Waals surface area (Å²) in [5.41, 5.74) is 1.19. The number of methoxy groups -OCH3 is 1. The highest BCUT2D eigenvalue weighted by Crippen LogP contribution is 2.24. The Morgan fingerprint density at radius 3 is 2.88 bits per heavy atom. The number of hydrogen-bond acceptors (Lipinski definition) is 4. The number of carbonyl (C=O) groups excluding carboxylic acids is 1. The molecule has 0 aliphatic carbocycles. The zero-order chi connectivity index (χ0) is 16.9. The molecule has 0 radical (unpaired) electrons. The van der Waals surface area contributed by atoms with E-state index in [2.05, 4.69) is 16.5 Å². The van der Waals surface area contributed by atoms with Crippen LogP contribution >= 0.6 is 11.3 Å². The Morgan fingerprint density at radius 2 is 2.21 bits per heavy atom. The van der Waals surface area contributed by atoms with Crippen molar-refractivity contribution in [1.29, 1.82) is 0 Å². The number of hydrogen-bond donors (Lipinski definition) is 0. The Labute approximate surface area is 147 Å². The minimum Gasteiger partial charge on any atom is -0.383 e. The fraction of sp³-hybridized carbons (Fsp3) is 0.556. The molecule has 3 heterocycles. The van der Waals surface area contributed by atoms with Crippen molar-refractivity contribution in [2.45, 2.75) is 32.7 Å². The van der Waals surface area contributed by atoms with E-state index in [1.54, 1.807) is 7.11 Å². The molecule has 2 aromatic rings. The second-order valence-corrected chi connectivity index (χ2v) is 7.32. The van der Waals surface area contributed by atoms with E-state index in [1.165, 1.54) is 17.0 Å². The number of imidazole rings is 1. The van der Waals surface area contributed by atoms with Crippen molar-refractivity contribution in [2.24, 2.45) is 5.92 Å². The number of piperidine rings is 1. The molecule has 24 heavy (non-hydrogen) atoms. The molecular weight excluding hydrogens is 322 g/mol. The lowest BCUT2D eigenvalue weighted by atomic mass is 9.93. The van der Waals surface area contributed by atoms with Crippen LogP contribution in [-0.2, 0) is 17.7 Å². The molecule has 0 saturated carbocycles. The first kappa shape index (κ1) is 17.2. The standard InChI is InChI=1S/C18H25N3O2S/c1-14-13-19-17(21(14)9-10-23-2)12-15-5-7-20(8-6-15)18(22)16-4-3-11-24-16/h3-4,11,13,15H,5-10,12H2,1-2H3. The van der Waals surface area contributed by atoms with Crippen molar-refractivity contribution in [2.75, 3.05) is 26.8 Å². The molecule has 0 spiro atoms. The van der Waals surface area contributed by atoms with Gasteiger partial charge in [-0.15, -0.1) is 11.3 Å². The highest BCUT2D eigenvalue weighted by atomic mass is 32.1. The first-order valence-corrected chi connectivity index (χ1v) is 9.39. The van der Waals surface area contributed by atoms with E-state index in [-0.39, 0.29) is 5.91 Å². The predicted molar refractivity (Wildman–Crippen MR) is 95.5 cm³/mol. The smallest absolute Gasteiger partial charge is 0.263 e.